The van der Waals surface area contributed by atoms with Gasteiger partial charge in [-0.1, -0.05) is 36.4 Å². The average Bonchev–Trinajstić information content (AvgIpc) is 3.28. The summed E-state index contributed by atoms with van der Waals surface area (Å²) in [5, 5.41) is 2.04. The second-order valence-corrected chi connectivity index (χ2v) is 9.14. The molecule has 2 aliphatic heterocycles. The Bertz CT molecular complexity index is 1130. The number of benzene rings is 2. The highest BCUT2D eigenvalue weighted by atomic mass is 16.2. The quantitative estimate of drug-likeness (QED) is 0.635. The minimum Gasteiger partial charge on any atom is -0.342 e. The molecule has 0 N–H and O–H groups in total. The van der Waals surface area contributed by atoms with E-state index in [2.05, 4.69) is 9.55 Å². The van der Waals surface area contributed by atoms with Crippen LogP contribution in [0, 0.1) is 5.92 Å². The van der Waals surface area contributed by atoms with Crippen LogP contribution in [0.3, 0.4) is 0 Å². The normalized spacial score (nSPS) is 21.7. The van der Waals surface area contributed by atoms with Crippen LogP contribution in [-0.4, -0.2) is 57.3 Å². The lowest BCUT2D eigenvalue weighted by Gasteiger charge is -2.38. The van der Waals surface area contributed by atoms with E-state index in [-0.39, 0.29) is 23.7 Å². The second-order valence-electron chi connectivity index (χ2n) is 9.14. The van der Waals surface area contributed by atoms with Gasteiger partial charge in [-0.15, -0.1) is 0 Å². The van der Waals surface area contributed by atoms with Crippen LogP contribution >= 0.6 is 0 Å². The highest BCUT2D eigenvalue weighted by Crippen LogP contribution is 2.29. The Morgan fingerprint density at radius 2 is 1.72 bits per heavy atom. The predicted molar refractivity (Wildman–Crippen MR) is 124 cm³/mol. The fourth-order valence-electron chi connectivity index (χ4n) is 5.36. The maximum absolute atomic E-state index is 13.4. The van der Waals surface area contributed by atoms with Crippen molar-refractivity contribution >= 4 is 22.6 Å². The Morgan fingerprint density at radius 1 is 0.938 bits per heavy atom. The molecular weight excluding hydrogens is 400 g/mol. The number of carbonyl (C=O) groups is 2. The van der Waals surface area contributed by atoms with E-state index in [1.165, 1.54) is 0 Å². The Labute approximate surface area is 188 Å². The molecule has 3 aromatic rings. The fourth-order valence-corrected chi connectivity index (χ4v) is 5.36. The van der Waals surface area contributed by atoms with Gasteiger partial charge in [-0.25, -0.2) is 4.98 Å². The number of hydrogen-bond donors (Lipinski definition) is 0. The third-order valence-electron chi connectivity index (χ3n) is 7.03. The molecule has 0 bridgehead atoms. The van der Waals surface area contributed by atoms with Gasteiger partial charge in [0.2, 0.25) is 5.91 Å². The number of aryl methyl sites for hydroxylation is 1. The van der Waals surface area contributed by atoms with E-state index in [0.717, 1.165) is 60.9 Å². The third-order valence-corrected chi connectivity index (χ3v) is 7.03. The second kappa shape index (κ2) is 8.77. The lowest BCUT2D eigenvalue weighted by molar-refractivity contribution is -0.138. The molecule has 0 unspecified atom stereocenters. The largest absolute Gasteiger partial charge is 0.342 e. The molecule has 6 heteroatoms. The number of likely N-dealkylation sites (tertiary alicyclic amines) is 2. The van der Waals surface area contributed by atoms with Crippen molar-refractivity contribution in [1.82, 2.24) is 19.4 Å². The summed E-state index contributed by atoms with van der Waals surface area (Å²) < 4.78 is 2.06. The molecule has 2 aromatic carbocycles. The van der Waals surface area contributed by atoms with E-state index in [1.807, 2.05) is 71.7 Å². The Morgan fingerprint density at radius 3 is 2.56 bits per heavy atom. The zero-order chi connectivity index (χ0) is 22.1. The van der Waals surface area contributed by atoms with Crippen molar-refractivity contribution in [3.8, 4) is 0 Å². The number of fused-ring (bicyclic) bond motifs is 1. The van der Waals surface area contributed by atoms with Crippen molar-refractivity contribution in [2.24, 2.45) is 13.0 Å². The molecule has 5 rings (SSSR count). The van der Waals surface area contributed by atoms with Gasteiger partial charge < -0.3 is 14.4 Å². The molecule has 2 atom stereocenters. The lowest BCUT2D eigenvalue weighted by atomic mass is 9.92. The fraction of sp³-hybridized carbons (Fsp3) is 0.423. The first-order valence-electron chi connectivity index (χ1n) is 11.6. The van der Waals surface area contributed by atoms with E-state index >= 15 is 0 Å². The topological polar surface area (TPSA) is 58.4 Å². The van der Waals surface area contributed by atoms with Crippen LogP contribution in [0.2, 0.25) is 0 Å². The number of carbonyl (C=O) groups excluding carboxylic acids is 2. The summed E-state index contributed by atoms with van der Waals surface area (Å²) in [6, 6.07) is 13.9. The number of hydrogen-bond acceptors (Lipinski definition) is 3. The van der Waals surface area contributed by atoms with Gasteiger partial charge >= 0.3 is 0 Å². The minimum absolute atomic E-state index is 0.0313. The molecular formula is C26H30N4O2. The summed E-state index contributed by atoms with van der Waals surface area (Å²) in [6.07, 6.45) is 7.56. The van der Waals surface area contributed by atoms with Crippen molar-refractivity contribution in [3.63, 3.8) is 0 Å². The van der Waals surface area contributed by atoms with E-state index in [4.69, 9.17) is 0 Å². The van der Waals surface area contributed by atoms with E-state index < -0.39 is 0 Å². The smallest absolute Gasteiger partial charge is 0.254 e. The van der Waals surface area contributed by atoms with Gasteiger partial charge in [0.25, 0.3) is 5.91 Å². The molecule has 3 heterocycles. The number of nitrogens with zero attached hydrogens (tertiary/aromatic N) is 4. The van der Waals surface area contributed by atoms with Gasteiger partial charge in [0.1, 0.15) is 5.82 Å². The maximum Gasteiger partial charge on any atom is 0.254 e. The number of aromatic nitrogens is 2. The van der Waals surface area contributed by atoms with Crippen molar-refractivity contribution in [2.45, 2.75) is 31.6 Å². The number of amides is 2. The van der Waals surface area contributed by atoms with Gasteiger partial charge in [-0.3, -0.25) is 9.59 Å². The van der Waals surface area contributed by atoms with E-state index in [0.29, 0.717) is 13.1 Å². The molecule has 32 heavy (non-hydrogen) atoms. The van der Waals surface area contributed by atoms with Crippen molar-refractivity contribution in [1.29, 1.82) is 0 Å². The maximum atomic E-state index is 13.4. The zero-order valence-electron chi connectivity index (χ0n) is 18.6. The predicted octanol–water partition coefficient (Wildman–Crippen LogP) is 3.83. The van der Waals surface area contributed by atoms with Gasteiger partial charge in [0.05, 0.1) is 5.92 Å². The summed E-state index contributed by atoms with van der Waals surface area (Å²) in [5.74, 6) is 1.44. The van der Waals surface area contributed by atoms with E-state index in [1.54, 1.807) is 0 Å². The molecule has 166 valence electrons. The van der Waals surface area contributed by atoms with Crippen LogP contribution in [0.4, 0.5) is 0 Å². The minimum atomic E-state index is -0.122. The van der Waals surface area contributed by atoms with Gasteiger partial charge in [-0.05, 0) is 42.5 Å². The molecule has 2 amide bonds. The first kappa shape index (κ1) is 20.7. The Kier molecular flexibility index (Phi) is 5.68. The van der Waals surface area contributed by atoms with E-state index in [9.17, 15) is 9.59 Å². The van der Waals surface area contributed by atoms with Crippen LogP contribution < -0.4 is 0 Å². The van der Waals surface area contributed by atoms with Crippen molar-refractivity contribution < 1.29 is 9.59 Å². The summed E-state index contributed by atoms with van der Waals surface area (Å²) in [7, 11) is 2.01. The average molecular weight is 431 g/mol. The van der Waals surface area contributed by atoms with Crippen LogP contribution in [0.25, 0.3) is 10.8 Å². The summed E-state index contributed by atoms with van der Waals surface area (Å²) in [6.45, 7) is 2.73. The summed E-state index contributed by atoms with van der Waals surface area (Å²) in [4.78, 5) is 35.2. The molecule has 2 saturated heterocycles. The summed E-state index contributed by atoms with van der Waals surface area (Å²) in [5.41, 5.74) is 0.726. The Hall–Kier alpha value is -3.15. The highest BCUT2D eigenvalue weighted by Gasteiger charge is 2.34. The number of piperidine rings is 2. The molecule has 6 nitrogen and oxygen atoms in total. The van der Waals surface area contributed by atoms with Crippen LogP contribution in [0.5, 0.6) is 0 Å². The Balaban J connectivity index is 1.30. The van der Waals surface area contributed by atoms with Crippen molar-refractivity contribution in [3.05, 3.63) is 66.2 Å². The van der Waals surface area contributed by atoms with Crippen LogP contribution in [0.15, 0.2) is 54.9 Å². The molecule has 2 aliphatic rings. The number of rotatable bonds is 3. The van der Waals surface area contributed by atoms with Gasteiger partial charge in [0, 0.05) is 57.1 Å². The summed E-state index contributed by atoms with van der Waals surface area (Å²) >= 11 is 0. The van der Waals surface area contributed by atoms with Gasteiger partial charge in [-0.2, -0.15) is 0 Å². The molecule has 1 aromatic heterocycles. The third kappa shape index (κ3) is 3.90. The first-order chi connectivity index (χ1) is 15.6. The molecule has 0 aliphatic carbocycles. The monoisotopic (exact) mass is 430 g/mol. The lowest BCUT2D eigenvalue weighted by Crippen LogP contribution is -2.49. The molecule has 0 spiro atoms. The van der Waals surface area contributed by atoms with Gasteiger partial charge in [0.15, 0.2) is 0 Å². The van der Waals surface area contributed by atoms with Crippen molar-refractivity contribution in [2.75, 3.05) is 26.2 Å². The van der Waals surface area contributed by atoms with Crippen LogP contribution in [0.1, 0.15) is 47.8 Å². The molecule has 0 radical (unpaired) electrons. The SMILES string of the molecule is Cn1ccnc1[C@@H]1CCCN(C(=O)[C@@H]2CCCN(C(=O)c3cccc4ccccc34)C2)C1. The highest BCUT2D eigenvalue weighted by molar-refractivity contribution is 6.07. The number of imidazole rings is 1. The zero-order valence-corrected chi connectivity index (χ0v) is 18.6. The molecule has 0 saturated carbocycles. The molecule has 2 fully saturated rings. The van der Waals surface area contributed by atoms with Crippen LogP contribution in [-0.2, 0) is 11.8 Å². The standard InChI is InChI=1S/C26H30N4O2/c1-28-16-13-27-24(28)20-9-5-14-29(17-20)25(31)21-10-6-15-30(18-21)26(32)23-12-4-8-19-7-2-3-11-22(19)23/h2-4,7-8,11-13,16,20-21H,5-6,9-10,14-15,17-18H2,1H3/t20-,21-/m1/s1. The first-order valence-corrected chi connectivity index (χ1v) is 11.6.